The highest BCUT2D eigenvalue weighted by molar-refractivity contribution is 7.14. The molecule has 0 N–H and O–H groups in total. The number of anilines is 1. The van der Waals surface area contributed by atoms with Gasteiger partial charge in [0.05, 0.1) is 53.4 Å². The summed E-state index contributed by atoms with van der Waals surface area (Å²) in [5.74, 6) is 3.67. The van der Waals surface area contributed by atoms with E-state index in [9.17, 15) is 0 Å². The van der Waals surface area contributed by atoms with Crippen molar-refractivity contribution in [1.29, 1.82) is 0 Å². The molecule has 3 heterocycles. The molecule has 53 heavy (non-hydrogen) atoms. The van der Waals surface area contributed by atoms with Crippen LogP contribution >= 0.6 is 36.2 Å². The third-order valence-electron chi connectivity index (χ3n) is 9.47. The molecule has 0 amide bonds. The van der Waals surface area contributed by atoms with Gasteiger partial charge in [0.1, 0.15) is 0 Å². The normalized spacial score (nSPS) is 13.0. The van der Waals surface area contributed by atoms with E-state index >= 15 is 0 Å². The number of aromatic nitrogens is 1. The second-order valence-corrected chi connectivity index (χ2v) is 13.6. The summed E-state index contributed by atoms with van der Waals surface area (Å²) in [5.41, 5.74) is 7.68. The van der Waals surface area contributed by atoms with Crippen LogP contribution in [0.4, 0.5) is 5.00 Å². The second kappa shape index (κ2) is 19.1. The number of methoxy groups -OCH3 is 6. The summed E-state index contributed by atoms with van der Waals surface area (Å²) in [6.45, 7) is 5.89. The molecule has 9 nitrogen and oxygen atoms in total. The van der Waals surface area contributed by atoms with Crippen LogP contribution in [0.5, 0.6) is 34.5 Å². The number of pyridine rings is 1. The topological polar surface area (TPSA) is 74.8 Å². The molecule has 0 unspecified atom stereocenters. The zero-order chi connectivity index (χ0) is 35.9. The minimum absolute atomic E-state index is 0. The number of hydrogen-bond acceptors (Lipinski definition) is 10. The van der Waals surface area contributed by atoms with Crippen molar-refractivity contribution in [3.63, 3.8) is 0 Å². The van der Waals surface area contributed by atoms with Crippen molar-refractivity contribution in [2.45, 2.75) is 38.9 Å². The molecule has 0 radical (unpaired) electrons. The van der Waals surface area contributed by atoms with Gasteiger partial charge in [-0.1, -0.05) is 18.2 Å². The number of ether oxygens (including phenoxy) is 6. The van der Waals surface area contributed by atoms with E-state index in [2.05, 4.69) is 69.6 Å². The number of aryl methyl sites for hydroxylation is 1. The summed E-state index contributed by atoms with van der Waals surface area (Å²) < 4.78 is 33.5. The third kappa shape index (κ3) is 9.42. The van der Waals surface area contributed by atoms with Crippen molar-refractivity contribution in [3.05, 3.63) is 95.0 Å². The highest BCUT2D eigenvalue weighted by Crippen LogP contribution is 2.42. The van der Waals surface area contributed by atoms with Crippen LogP contribution in [0.1, 0.15) is 29.5 Å². The number of thiophene rings is 1. The molecular formula is C41H49Cl2N3O6S. The van der Waals surface area contributed by atoms with Gasteiger partial charge in [0.2, 0.25) is 11.5 Å². The first-order valence-electron chi connectivity index (χ1n) is 17.1. The maximum absolute atomic E-state index is 5.64. The van der Waals surface area contributed by atoms with Crippen molar-refractivity contribution < 1.29 is 28.4 Å². The SMILES string of the molecule is COc1cc(-c2cccc(CN(c3cc(C)cs3)C3CCN(Cc4ccnc(-c5cc(OC)c(OC)c(OC)c5)c4)CC3)c2)cc(OC)c1OC.Cl.Cl. The Kier molecular flexibility index (Phi) is 14.9. The molecule has 0 atom stereocenters. The quantitative estimate of drug-likeness (QED) is 0.110. The Balaban J connectivity index is 0.00000314. The number of hydrogen-bond donors (Lipinski definition) is 0. The van der Waals surface area contributed by atoms with Crippen LogP contribution < -0.4 is 33.3 Å². The van der Waals surface area contributed by atoms with E-state index in [0.717, 1.165) is 61.4 Å². The minimum atomic E-state index is 0. The van der Waals surface area contributed by atoms with Gasteiger partial charge in [-0.3, -0.25) is 9.88 Å². The van der Waals surface area contributed by atoms with Crippen LogP contribution in [0.2, 0.25) is 0 Å². The number of halogens is 2. The van der Waals surface area contributed by atoms with Gasteiger partial charge in [-0.15, -0.1) is 36.2 Å². The highest BCUT2D eigenvalue weighted by atomic mass is 35.5. The van der Waals surface area contributed by atoms with Gasteiger partial charge in [-0.2, -0.15) is 0 Å². The molecule has 1 fully saturated rings. The lowest BCUT2D eigenvalue weighted by atomic mass is 9.99. The van der Waals surface area contributed by atoms with Crippen molar-refractivity contribution in [3.8, 4) is 56.9 Å². The molecular weight excluding hydrogens is 733 g/mol. The fourth-order valence-corrected chi connectivity index (χ4v) is 7.83. The Morgan fingerprint density at radius 3 is 1.79 bits per heavy atom. The van der Waals surface area contributed by atoms with Gasteiger partial charge in [-0.25, -0.2) is 0 Å². The molecule has 1 saturated heterocycles. The number of nitrogens with zero attached hydrogens (tertiary/aromatic N) is 3. The lowest BCUT2D eigenvalue weighted by Gasteiger charge is -2.39. The van der Waals surface area contributed by atoms with Crippen molar-refractivity contribution >= 4 is 41.2 Å². The molecule has 0 aliphatic carbocycles. The fourth-order valence-electron chi connectivity index (χ4n) is 6.85. The molecule has 12 heteroatoms. The molecule has 2 aromatic heterocycles. The number of piperidine rings is 1. The second-order valence-electron chi connectivity index (χ2n) is 12.7. The van der Waals surface area contributed by atoms with Crippen LogP contribution in [0, 0.1) is 6.92 Å². The van der Waals surface area contributed by atoms with E-state index in [1.165, 1.54) is 21.7 Å². The van der Waals surface area contributed by atoms with Crippen LogP contribution in [-0.2, 0) is 13.1 Å². The molecule has 3 aromatic carbocycles. The summed E-state index contributed by atoms with van der Waals surface area (Å²) in [5, 5.41) is 3.56. The molecule has 1 aliphatic rings. The van der Waals surface area contributed by atoms with Crippen LogP contribution in [0.3, 0.4) is 0 Å². The predicted octanol–water partition coefficient (Wildman–Crippen LogP) is 9.35. The first kappa shape index (κ1) is 41.4. The lowest BCUT2D eigenvalue weighted by Crippen LogP contribution is -2.44. The molecule has 5 aromatic rings. The molecule has 6 rings (SSSR count). The summed E-state index contributed by atoms with van der Waals surface area (Å²) in [6, 6.07) is 23.7. The Bertz CT molecular complexity index is 1900. The summed E-state index contributed by atoms with van der Waals surface area (Å²) in [4.78, 5) is 9.83. The fraction of sp³-hybridized carbons (Fsp3) is 0.341. The number of benzene rings is 3. The summed E-state index contributed by atoms with van der Waals surface area (Å²) in [6.07, 6.45) is 4.04. The lowest BCUT2D eigenvalue weighted by molar-refractivity contribution is 0.201. The predicted molar refractivity (Wildman–Crippen MR) is 219 cm³/mol. The average molecular weight is 783 g/mol. The van der Waals surface area contributed by atoms with Crippen molar-refractivity contribution in [2.75, 3.05) is 60.6 Å². The Hall–Kier alpha value is -4.35. The monoisotopic (exact) mass is 781 g/mol. The van der Waals surface area contributed by atoms with Gasteiger partial charge >= 0.3 is 0 Å². The van der Waals surface area contributed by atoms with Gasteiger partial charge in [-0.05, 0) is 101 Å². The van der Waals surface area contributed by atoms with Gasteiger partial charge in [0.25, 0.3) is 0 Å². The smallest absolute Gasteiger partial charge is 0.203 e. The molecule has 0 bridgehead atoms. The molecule has 0 spiro atoms. The Morgan fingerprint density at radius 2 is 1.26 bits per heavy atom. The molecule has 0 saturated carbocycles. The molecule has 1 aliphatic heterocycles. The highest BCUT2D eigenvalue weighted by Gasteiger charge is 2.27. The first-order valence-corrected chi connectivity index (χ1v) is 17.9. The number of likely N-dealkylation sites (tertiary alicyclic amines) is 1. The van der Waals surface area contributed by atoms with Crippen LogP contribution in [-0.4, -0.2) is 71.7 Å². The van der Waals surface area contributed by atoms with Gasteiger partial charge in [0, 0.05) is 44.0 Å². The van der Waals surface area contributed by atoms with Gasteiger partial charge < -0.3 is 33.3 Å². The van der Waals surface area contributed by atoms with E-state index in [0.29, 0.717) is 40.5 Å². The standard InChI is InChI=1S/C41H47N3O6S.2ClH/c1-27-17-39(51-26-27)44(25-28-9-8-10-30(18-28)31-20-35(45-2)40(49-6)36(21-31)46-3)33-12-15-43(16-13-33)24-29-11-14-42-34(19-29)32-22-37(47-4)41(50-7)38(23-32)48-5;;/h8-11,14,17-23,26,33H,12-13,15-16,24-25H2,1-7H3;2*1H. The maximum Gasteiger partial charge on any atom is 0.203 e. The number of rotatable bonds is 14. The molecule has 284 valence electrons. The van der Waals surface area contributed by atoms with Gasteiger partial charge in [0.15, 0.2) is 23.0 Å². The zero-order valence-electron chi connectivity index (χ0n) is 31.3. The van der Waals surface area contributed by atoms with E-state index < -0.39 is 0 Å². The van der Waals surface area contributed by atoms with Crippen LogP contribution in [0.25, 0.3) is 22.4 Å². The maximum atomic E-state index is 5.64. The Labute approximate surface area is 329 Å². The first-order chi connectivity index (χ1) is 24.9. The minimum Gasteiger partial charge on any atom is -0.493 e. The van der Waals surface area contributed by atoms with E-state index in [1.54, 1.807) is 42.7 Å². The zero-order valence-corrected chi connectivity index (χ0v) is 33.8. The van der Waals surface area contributed by atoms with E-state index in [4.69, 9.17) is 28.4 Å². The largest absolute Gasteiger partial charge is 0.493 e. The summed E-state index contributed by atoms with van der Waals surface area (Å²) >= 11 is 1.83. The van der Waals surface area contributed by atoms with E-state index in [1.807, 2.05) is 41.8 Å². The average Bonchev–Trinajstić information content (AvgIpc) is 3.61. The summed E-state index contributed by atoms with van der Waals surface area (Å²) in [7, 11) is 9.79. The van der Waals surface area contributed by atoms with Crippen molar-refractivity contribution in [2.24, 2.45) is 0 Å². The van der Waals surface area contributed by atoms with Crippen LogP contribution in [0.15, 0.2) is 78.3 Å². The van der Waals surface area contributed by atoms with Crippen molar-refractivity contribution in [1.82, 2.24) is 9.88 Å². The third-order valence-corrected chi connectivity index (χ3v) is 10.6. The van der Waals surface area contributed by atoms with E-state index in [-0.39, 0.29) is 24.8 Å². The Morgan fingerprint density at radius 1 is 0.679 bits per heavy atom.